The molecule has 3 fully saturated rings. The molecule has 2 aliphatic carbocycles. The fourth-order valence-electron chi connectivity index (χ4n) is 6.66. The first-order valence-electron chi connectivity index (χ1n) is 13.6. The number of benzene rings is 1. The van der Waals surface area contributed by atoms with E-state index in [0.717, 1.165) is 18.4 Å². The highest BCUT2D eigenvalue weighted by atomic mass is 16.6. The zero-order valence-corrected chi connectivity index (χ0v) is 21.8. The van der Waals surface area contributed by atoms with Crippen molar-refractivity contribution in [1.82, 2.24) is 14.9 Å². The highest BCUT2D eigenvalue weighted by Crippen LogP contribution is 2.46. The molecule has 3 heterocycles. The first-order chi connectivity index (χ1) is 18.9. The Hall–Kier alpha value is -3.79. The van der Waals surface area contributed by atoms with Crippen molar-refractivity contribution in [3.05, 3.63) is 68.9 Å². The molecular weight excluding hydrogens is 500 g/mol. The van der Waals surface area contributed by atoms with Crippen LogP contribution in [-0.4, -0.2) is 45.7 Å². The molecule has 39 heavy (non-hydrogen) atoms. The van der Waals surface area contributed by atoms with Crippen LogP contribution in [0.1, 0.15) is 74.0 Å². The van der Waals surface area contributed by atoms with Crippen LogP contribution in [0.15, 0.2) is 40.7 Å². The molecule has 0 bridgehead atoms. The Morgan fingerprint density at radius 3 is 2.62 bits per heavy atom. The van der Waals surface area contributed by atoms with E-state index in [1.165, 1.54) is 4.90 Å². The lowest BCUT2D eigenvalue weighted by Gasteiger charge is -2.38. The maximum absolute atomic E-state index is 13.7. The smallest absolute Gasteiger partial charge is 0.411 e. The van der Waals surface area contributed by atoms with Crippen LogP contribution < -0.4 is 11.3 Å². The fraction of sp³-hybridized carbons (Fsp3) is 0.483. The molecule has 1 saturated heterocycles. The van der Waals surface area contributed by atoms with Gasteiger partial charge < -0.3 is 20.2 Å². The number of hydrogen-bond donors (Lipinski definition) is 2. The average Bonchev–Trinajstić information content (AvgIpc) is 3.57. The summed E-state index contributed by atoms with van der Waals surface area (Å²) in [6.07, 6.45) is 4.10. The summed E-state index contributed by atoms with van der Waals surface area (Å²) in [4.78, 5) is 62.1. The Bertz CT molecular complexity index is 1420. The Kier molecular flexibility index (Phi) is 6.37. The number of nitrogens with zero attached hydrogens (tertiary/aromatic N) is 2. The number of carbonyl (C=O) groups excluding carboxylic acids is 3. The SMILES string of the molecule is N/C(=C1/CCC[C@@]2(CCCCC2=O)C1=O)c1nc2c(c(=O)[nH]1)CN(C(=O)OCc1ccccc1)C21CCOC1. The number of Topliss-reactive ketones (excluding diaryl/α,β-unsaturated/α-hetero) is 2. The number of rotatable bonds is 3. The minimum Gasteiger partial charge on any atom is -0.445 e. The van der Waals surface area contributed by atoms with E-state index in [1.54, 1.807) is 0 Å². The maximum atomic E-state index is 13.7. The van der Waals surface area contributed by atoms with Crippen LogP contribution in [0, 0.1) is 5.41 Å². The fourth-order valence-corrected chi connectivity index (χ4v) is 6.66. The van der Waals surface area contributed by atoms with E-state index in [4.69, 9.17) is 20.2 Å². The summed E-state index contributed by atoms with van der Waals surface area (Å²) in [5.41, 5.74) is 6.21. The molecule has 3 N–H and O–H groups in total. The molecule has 10 nitrogen and oxygen atoms in total. The van der Waals surface area contributed by atoms with Crippen LogP contribution in [-0.2, 0) is 37.8 Å². The molecule has 204 valence electrons. The third-order valence-corrected chi connectivity index (χ3v) is 8.83. The number of amides is 1. The van der Waals surface area contributed by atoms with Crippen molar-refractivity contribution in [2.24, 2.45) is 11.1 Å². The number of nitrogens with two attached hydrogens (primary N) is 1. The minimum atomic E-state index is -1.01. The van der Waals surface area contributed by atoms with Crippen molar-refractivity contribution < 1.29 is 23.9 Å². The van der Waals surface area contributed by atoms with Gasteiger partial charge >= 0.3 is 6.09 Å². The molecule has 2 aliphatic heterocycles. The molecule has 1 aromatic heterocycles. The molecule has 2 aromatic rings. The largest absolute Gasteiger partial charge is 0.445 e. The van der Waals surface area contributed by atoms with Crippen molar-refractivity contribution in [2.45, 2.75) is 70.1 Å². The predicted molar refractivity (Wildman–Crippen MR) is 140 cm³/mol. The normalized spacial score (nSPS) is 27.7. The lowest BCUT2D eigenvalue weighted by atomic mass is 9.62. The second-order valence-electron chi connectivity index (χ2n) is 11.0. The number of fused-ring (bicyclic) bond motifs is 2. The third kappa shape index (κ3) is 4.09. The molecule has 1 unspecified atom stereocenters. The number of ether oxygens (including phenoxy) is 2. The van der Waals surface area contributed by atoms with Gasteiger partial charge in [0.25, 0.3) is 5.56 Å². The van der Waals surface area contributed by atoms with Gasteiger partial charge in [0, 0.05) is 25.0 Å². The van der Waals surface area contributed by atoms with E-state index in [1.807, 2.05) is 30.3 Å². The molecule has 4 aliphatic rings. The Balaban J connectivity index is 1.34. The molecule has 6 rings (SSSR count). The van der Waals surface area contributed by atoms with Gasteiger partial charge in [-0.1, -0.05) is 36.8 Å². The number of nitrogens with one attached hydrogen (secondary N) is 1. The zero-order chi connectivity index (χ0) is 27.2. The number of aromatic amines is 1. The molecule has 1 aromatic carbocycles. The quantitative estimate of drug-likeness (QED) is 0.453. The van der Waals surface area contributed by atoms with Crippen LogP contribution in [0.4, 0.5) is 4.79 Å². The summed E-state index contributed by atoms with van der Waals surface area (Å²) in [7, 11) is 0. The second-order valence-corrected chi connectivity index (χ2v) is 11.0. The first-order valence-corrected chi connectivity index (χ1v) is 13.6. The highest BCUT2D eigenvalue weighted by Gasteiger charge is 2.54. The summed E-state index contributed by atoms with van der Waals surface area (Å²) >= 11 is 0. The Morgan fingerprint density at radius 1 is 1.08 bits per heavy atom. The van der Waals surface area contributed by atoms with Gasteiger partial charge in [-0.05, 0) is 37.7 Å². The van der Waals surface area contributed by atoms with E-state index in [9.17, 15) is 19.2 Å². The zero-order valence-electron chi connectivity index (χ0n) is 21.8. The minimum absolute atomic E-state index is 0.00845. The van der Waals surface area contributed by atoms with Gasteiger partial charge in [-0.2, -0.15) is 0 Å². The predicted octanol–water partition coefficient (Wildman–Crippen LogP) is 3.09. The number of allylic oxidation sites excluding steroid dienone is 1. The first kappa shape index (κ1) is 25.5. The van der Waals surface area contributed by atoms with E-state index in [2.05, 4.69) is 4.98 Å². The Morgan fingerprint density at radius 2 is 1.87 bits per heavy atom. The van der Waals surface area contributed by atoms with E-state index >= 15 is 0 Å². The molecule has 2 saturated carbocycles. The van der Waals surface area contributed by atoms with E-state index in [0.29, 0.717) is 62.0 Å². The summed E-state index contributed by atoms with van der Waals surface area (Å²) < 4.78 is 11.3. The number of hydrogen-bond acceptors (Lipinski definition) is 8. The van der Waals surface area contributed by atoms with Crippen molar-refractivity contribution in [3.8, 4) is 0 Å². The number of H-pyrrole nitrogens is 1. The number of ketones is 2. The second kappa shape index (κ2) is 9.75. The van der Waals surface area contributed by atoms with Crippen LogP contribution in [0.5, 0.6) is 0 Å². The topological polar surface area (TPSA) is 145 Å². The molecule has 2 atom stereocenters. The van der Waals surface area contributed by atoms with Crippen molar-refractivity contribution in [3.63, 3.8) is 0 Å². The van der Waals surface area contributed by atoms with Gasteiger partial charge in [0.15, 0.2) is 11.6 Å². The van der Waals surface area contributed by atoms with Gasteiger partial charge in [0.05, 0.1) is 35.5 Å². The monoisotopic (exact) mass is 532 g/mol. The van der Waals surface area contributed by atoms with Crippen LogP contribution in [0.3, 0.4) is 0 Å². The highest BCUT2D eigenvalue weighted by molar-refractivity contribution is 6.17. The maximum Gasteiger partial charge on any atom is 0.411 e. The molecule has 1 amide bonds. The van der Waals surface area contributed by atoms with E-state index < -0.39 is 22.6 Å². The average molecular weight is 533 g/mol. The molecule has 2 spiro atoms. The van der Waals surface area contributed by atoms with Crippen LogP contribution in [0.25, 0.3) is 5.70 Å². The van der Waals surface area contributed by atoms with Crippen molar-refractivity contribution in [2.75, 3.05) is 13.2 Å². The molecule has 10 heteroatoms. The van der Waals surface area contributed by atoms with E-state index in [-0.39, 0.29) is 42.8 Å². The Labute approximate surface area is 225 Å². The summed E-state index contributed by atoms with van der Waals surface area (Å²) in [6, 6.07) is 9.36. The van der Waals surface area contributed by atoms with Crippen molar-refractivity contribution >= 4 is 23.4 Å². The number of carbonyl (C=O) groups is 3. The standard InChI is InChI=1S/C29H32N4O6/c30-22(19-9-6-12-28(24(19)35)11-5-4-10-21(28)34)25-31-23-20(26(36)32-25)15-33(29(23)13-14-38-17-29)27(37)39-16-18-7-2-1-3-8-18/h1-3,7-8H,4-6,9-17,30H2,(H,31,32,36)/b22-19-/t28-,29?/m1/s1. The summed E-state index contributed by atoms with van der Waals surface area (Å²) in [6.45, 7) is 0.691. The lowest BCUT2D eigenvalue weighted by Crippen LogP contribution is -2.46. The molecular formula is C29H32N4O6. The van der Waals surface area contributed by atoms with Gasteiger partial charge in [-0.25, -0.2) is 9.78 Å². The molecule has 0 radical (unpaired) electrons. The number of aromatic nitrogens is 2. The van der Waals surface area contributed by atoms with Gasteiger partial charge in [0.1, 0.15) is 17.9 Å². The van der Waals surface area contributed by atoms with Crippen LogP contribution >= 0.6 is 0 Å². The van der Waals surface area contributed by atoms with Gasteiger partial charge in [0.2, 0.25) is 0 Å². The van der Waals surface area contributed by atoms with Gasteiger partial charge in [-0.15, -0.1) is 0 Å². The summed E-state index contributed by atoms with van der Waals surface area (Å²) in [5.74, 6) is -0.150. The van der Waals surface area contributed by atoms with Crippen LogP contribution in [0.2, 0.25) is 0 Å². The third-order valence-electron chi connectivity index (χ3n) is 8.83. The van der Waals surface area contributed by atoms with Crippen molar-refractivity contribution in [1.29, 1.82) is 0 Å². The summed E-state index contributed by atoms with van der Waals surface area (Å²) in [5, 5.41) is 0. The lowest BCUT2D eigenvalue weighted by molar-refractivity contribution is -0.143. The van der Waals surface area contributed by atoms with Gasteiger partial charge in [-0.3, -0.25) is 19.3 Å².